The van der Waals surface area contributed by atoms with Gasteiger partial charge in [0.2, 0.25) is 0 Å². The second-order valence-corrected chi connectivity index (χ2v) is 15.0. The Morgan fingerprint density at radius 3 is 0.841 bits per heavy atom. The van der Waals surface area contributed by atoms with Crippen molar-refractivity contribution in [1.82, 2.24) is 13.7 Å². The number of carbonyl (C=O) groups excluding carboxylic acids is 3. The first kappa shape index (κ1) is 53.2. The van der Waals surface area contributed by atoms with Gasteiger partial charge in [-0.1, -0.05) is 36.4 Å². The smallest absolute Gasteiger partial charge is 0.348 e. The zero-order chi connectivity index (χ0) is 50.5. The highest BCUT2D eigenvalue weighted by atomic mass is 16.5. The van der Waals surface area contributed by atoms with Gasteiger partial charge in [0.15, 0.2) is 0 Å². The van der Waals surface area contributed by atoms with E-state index in [1.165, 1.54) is 18.2 Å². The van der Waals surface area contributed by atoms with Gasteiger partial charge in [-0.15, -0.1) is 0 Å². The van der Waals surface area contributed by atoms with Crippen LogP contribution in [0.5, 0.6) is 0 Å². The van der Waals surface area contributed by atoms with Crippen LogP contribution in [0.3, 0.4) is 0 Å². The molecule has 0 aliphatic rings. The van der Waals surface area contributed by atoms with Crippen LogP contribution in [0.2, 0.25) is 0 Å². The zero-order valence-electron chi connectivity index (χ0n) is 39.8. The second-order valence-electron chi connectivity index (χ2n) is 15.0. The van der Waals surface area contributed by atoms with Crippen molar-refractivity contribution in [3.8, 4) is 18.2 Å². The summed E-state index contributed by atoms with van der Waals surface area (Å²) >= 11 is 0. The molecular weight excluding hydrogens is 883 g/mol. The highest BCUT2D eigenvalue weighted by Crippen LogP contribution is 2.20. The Kier molecular flexibility index (Phi) is 20.5. The topological polar surface area (TPSA) is 226 Å². The third-order valence-corrected chi connectivity index (χ3v) is 11.0. The standard InChI is InChI=1S/C51H57N9O9/c1-7-55(8-2)43-19-13-37(14-20-43)31-40(34-52)46(61)67-28-25-58-49(64)59(26-29-68-47(62)41(35-53)32-38-15-21-44(22-16-38)56(9-3)10-4)51(66)60(50(58)65)27-30-69-48(63)42(36-54)33-39-17-23-45(24-18-39)57(11-5)12-6/h13-24,31-33H,7-12,25-30H2,1-6H3/b40-31+,41-32+,42-33+. The molecule has 0 fully saturated rings. The van der Waals surface area contributed by atoms with Crippen LogP contribution in [-0.2, 0) is 48.2 Å². The molecule has 4 aromatic rings. The van der Waals surface area contributed by atoms with Crippen LogP contribution < -0.4 is 31.8 Å². The molecule has 1 aromatic heterocycles. The van der Waals surface area contributed by atoms with Crippen molar-refractivity contribution in [2.75, 3.05) is 73.8 Å². The maximum Gasteiger partial charge on any atom is 0.348 e. The fraction of sp³-hybridized carbons (Fsp3) is 0.353. The molecule has 4 rings (SSSR count). The van der Waals surface area contributed by atoms with Crippen LogP contribution in [0.4, 0.5) is 17.1 Å². The SMILES string of the molecule is CCN(CC)c1ccc(/C=C(\C#N)C(=O)OCCn2c(=O)n(CCOC(=O)/C(C#N)=C/c3ccc(N(CC)CC)cc3)c(=O)n(CCOC(=O)/C(C#N)=C/c3ccc(N(CC)CC)cc3)c2=O)cc1. The van der Waals surface area contributed by atoms with Crippen LogP contribution in [0.25, 0.3) is 18.2 Å². The first-order chi connectivity index (χ1) is 33.3. The van der Waals surface area contributed by atoms with E-state index >= 15 is 0 Å². The van der Waals surface area contributed by atoms with Gasteiger partial charge in [-0.25, -0.2) is 42.5 Å². The minimum absolute atomic E-state index is 0.353. The minimum atomic E-state index is -1.15. The molecule has 0 unspecified atom stereocenters. The molecule has 0 aliphatic heterocycles. The van der Waals surface area contributed by atoms with E-state index in [9.17, 15) is 44.6 Å². The van der Waals surface area contributed by atoms with Gasteiger partial charge in [0.25, 0.3) is 0 Å². The van der Waals surface area contributed by atoms with Crippen molar-refractivity contribution in [2.45, 2.75) is 61.2 Å². The highest BCUT2D eigenvalue weighted by Gasteiger charge is 2.20. The molecular formula is C51H57N9O9. The monoisotopic (exact) mass is 939 g/mol. The number of aromatic nitrogens is 3. The number of rotatable bonds is 24. The minimum Gasteiger partial charge on any atom is -0.460 e. The van der Waals surface area contributed by atoms with Crippen molar-refractivity contribution in [1.29, 1.82) is 15.8 Å². The summed E-state index contributed by atoms with van der Waals surface area (Å²) in [5, 5.41) is 29.3. The molecule has 18 nitrogen and oxygen atoms in total. The normalized spacial score (nSPS) is 11.4. The average molecular weight is 940 g/mol. The molecule has 0 saturated heterocycles. The molecule has 0 radical (unpaired) electrons. The fourth-order valence-electron chi connectivity index (χ4n) is 7.20. The van der Waals surface area contributed by atoms with Crippen LogP contribution in [0.15, 0.2) is 104 Å². The van der Waals surface area contributed by atoms with E-state index in [1.54, 1.807) is 54.6 Å². The van der Waals surface area contributed by atoms with Crippen molar-refractivity contribution in [2.24, 2.45) is 0 Å². The van der Waals surface area contributed by atoms with E-state index in [2.05, 4.69) is 14.7 Å². The molecule has 0 bridgehead atoms. The molecule has 1 heterocycles. The lowest BCUT2D eigenvalue weighted by Crippen LogP contribution is -2.55. The Morgan fingerprint density at radius 1 is 0.435 bits per heavy atom. The lowest BCUT2D eigenvalue weighted by molar-refractivity contribution is -0.139. The van der Waals surface area contributed by atoms with Crippen LogP contribution >= 0.6 is 0 Å². The fourth-order valence-corrected chi connectivity index (χ4v) is 7.20. The molecule has 0 amide bonds. The molecule has 69 heavy (non-hydrogen) atoms. The summed E-state index contributed by atoms with van der Waals surface area (Å²) in [5.41, 5.74) is 0.0142. The summed E-state index contributed by atoms with van der Waals surface area (Å²) < 4.78 is 17.7. The van der Waals surface area contributed by atoms with Crippen molar-refractivity contribution in [3.63, 3.8) is 0 Å². The third-order valence-electron chi connectivity index (χ3n) is 11.0. The number of nitriles is 3. The van der Waals surface area contributed by atoms with Crippen molar-refractivity contribution >= 4 is 53.2 Å². The van der Waals surface area contributed by atoms with Gasteiger partial charge in [-0.05, 0) is 113 Å². The number of ether oxygens (including phenoxy) is 3. The number of hydrogen-bond acceptors (Lipinski definition) is 15. The molecule has 0 aliphatic carbocycles. The molecule has 0 atom stereocenters. The predicted molar refractivity (Wildman–Crippen MR) is 263 cm³/mol. The predicted octanol–water partition coefficient (Wildman–Crippen LogP) is 5.16. The van der Waals surface area contributed by atoms with E-state index in [-0.39, 0.29) is 16.7 Å². The number of esters is 3. The highest BCUT2D eigenvalue weighted by molar-refractivity contribution is 5.99. The van der Waals surface area contributed by atoms with Gasteiger partial charge >= 0.3 is 35.0 Å². The second kappa shape index (κ2) is 26.6. The van der Waals surface area contributed by atoms with Gasteiger partial charge in [-0.2, -0.15) is 15.8 Å². The quantitative estimate of drug-likeness (QED) is 0.0383. The summed E-state index contributed by atoms with van der Waals surface area (Å²) in [6.45, 7) is 13.4. The van der Waals surface area contributed by atoms with Crippen LogP contribution in [0, 0.1) is 34.0 Å². The molecule has 360 valence electrons. The Bertz CT molecular complexity index is 2490. The summed E-state index contributed by atoms with van der Waals surface area (Å²) in [5.74, 6) is -3.10. The first-order valence-electron chi connectivity index (χ1n) is 22.7. The lowest BCUT2D eigenvalue weighted by Gasteiger charge is -2.20. The molecule has 3 aromatic carbocycles. The van der Waals surface area contributed by atoms with Crippen LogP contribution in [0.1, 0.15) is 58.2 Å². The van der Waals surface area contributed by atoms with Gasteiger partial charge in [0.1, 0.15) is 54.7 Å². The Labute approximate surface area is 401 Å². The maximum atomic E-state index is 13.8. The van der Waals surface area contributed by atoms with Crippen molar-refractivity contribution in [3.05, 3.63) is 138 Å². The zero-order valence-corrected chi connectivity index (χ0v) is 39.8. The number of anilines is 3. The van der Waals surface area contributed by atoms with E-state index in [4.69, 9.17) is 14.2 Å². The van der Waals surface area contributed by atoms with Gasteiger partial charge < -0.3 is 28.9 Å². The molecule has 0 saturated carbocycles. The lowest BCUT2D eigenvalue weighted by atomic mass is 10.1. The van der Waals surface area contributed by atoms with Crippen molar-refractivity contribution < 1.29 is 28.6 Å². The van der Waals surface area contributed by atoms with E-state index in [0.717, 1.165) is 56.3 Å². The summed E-state index contributed by atoms with van der Waals surface area (Å²) in [4.78, 5) is 86.7. The Morgan fingerprint density at radius 2 is 0.652 bits per heavy atom. The Balaban J connectivity index is 1.56. The van der Waals surface area contributed by atoms with Crippen LogP contribution in [-0.4, -0.2) is 90.7 Å². The van der Waals surface area contributed by atoms with E-state index in [0.29, 0.717) is 30.4 Å². The number of hydrogen-bond donors (Lipinski definition) is 0. The molecule has 18 heteroatoms. The van der Waals surface area contributed by atoms with E-state index < -0.39 is 74.4 Å². The molecule has 0 spiro atoms. The summed E-state index contributed by atoms with van der Waals surface area (Å²) in [7, 11) is 0. The number of benzene rings is 3. The summed E-state index contributed by atoms with van der Waals surface area (Å²) in [6, 6.07) is 27.0. The van der Waals surface area contributed by atoms with Gasteiger partial charge in [-0.3, -0.25) is 0 Å². The first-order valence-corrected chi connectivity index (χ1v) is 22.7. The number of nitrogens with zero attached hydrogens (tertiary/aromatic N) is 9. The maximum absolute atomic E-state index is 13.8. The Hall–Kier alpha value is -8.43. The largest absolute Gasteiger partial charge is 0.460 e. The number of carbonyl (C=O) groups is 3. The van der Waals surface area contributed by atoms with Gasteiger partial charge in [0.05, 0.1) is 19.6 Å². The summed E-state index contributed by atoms with van der Waals surface area (Å²) in [6.07, 6.45) is 4.01. The molecule has 0 N–H and O–H groups in total. The van der Waals surface area contributed by atoms with E-state index in [1.807, 2.05) is 77.9 Å². The van der Waals surface area contributed by atoms with Gasteiger partial charge in [0, 0.05) is 56.3 Å². The third kappa shape index (κ3) is 14.3. The average Bonchev–Trinajstić information content (AvgIpc) is 3.36.